The Balaban J connectivity index is 0. The van der Waals surface area contributed by atoms with Crippen molar-refractivity contribution in [3.8, 4) is 0 Å². The van der Waals surface area contributed by atoms with Crippen molar-refractivity contribution in [1.29, 1.82) is 0 Å². The van der Waals surface area contributed by atoms with Crippen LogP contribution in [-0.4, -0.2) is 48.9 Å². The second kappa shape index (κ2) is 16.2. The third-order valence-corrected chi connectivity index (χ3v) is 0. The van der Waals surface area contributed by atoms with Crippen molar-refractivity contribution in [3.05, 3.63) is 0 Å². The van der Waals surface area contributed by atoms with Gasteiger partial charge in [0.15, 0.2) is 0 Å². The number of halogens is 2. The van der Waals surface area contributed by atoms with Crippen LogP contribution in [-0.2, 0) is 0 Å². The molecule has 0 saturated carbocycles. The van der Waals surface area contributed by atoms with Gasteiger partial charge in [-0.05, 0) is 0 Å². The summed E-state index contributed by atoms with van der Waals surface area (Å²) in [7, 11) is 0. The zero-order valence-electron chi connectivity index (χ0n) is 1.19. The molecule has 0 aromatic rings. The average Bonchev–Trinajstić information content (AvgIpc) is 0. The maximum atomic E-state index is 0. The third-order valence-electron chi connectivity index (χ3n) is 0. The molecule has 0 saturated heterocycles. The largest absolute Gasteiger partial charge is 0 e. The van der Waals surface area contributed by atoms with Crippen molar-refractivity contribution in [1.82, 2.24) is 0 Å². The van der Waals surface area contributed by atoms with E-state index in [-0.39, 0.29) is 115 Å². The van der Waals surface area contributed by atoms with Gasteiger partial charge in [0.25, 0.3) is 0 Å². The molecule has 0 atom stereocenters. The van der Waals surface area contributed by atoms with Crippen molar-refractivity contribution >= 4 is 61.3 Å². The molecule has 0 aromatic heterocycles. The number of rotatable bonds is 0. The molecule has 0 unspecified atom stereocenters. The van der Waals surface area contributed by atoms with Gasteiger partial charge in [0, 0.05) is 49.4 Å². The van der Waals surface area contributed by atoms with E-state index in [4.69, 9.17) is 0 Å². The summed E-state index contributed by atoms with van der Waals surface area (Å²) in [6.07, 6.45) is 0. The summed E-state index contributed by atoms with van der Waals surface area (Å²) in [4.78, 5) is 0. The van der Waals surface area contributed by atoms with Crippen LogP contribution in [0.3, 0.4) is 0 Å². The molecule has 0 amide bonds. The maximum absolute atomic E-state index is 0. The molecule has 0 bridgehead atoms. The maximum Gasteiger partial charge on any atom is 0 e. The van der Waals surface area contributed by atoms with Crippen molar-refractivity contribution in [3.63, 3.8) is 0 Å². The van der Waals surface area contributed by atoms with Crippen LogP contribution < -0.4 is 0 Å². The van der Waals surface area contributed by atoms with E-state index in [9.17, 15) is 0 Å². The van der Waals surface area contributed by atoms with Crippen molar-refractivity contribution in [2.75, 3.05) is 0 Å². The first kappa shape index (κ1) is 26.3. The van der Waals surface area contributed by atoms with Crippen LogP contribution in [0.15, 0.2) is 0 Å². The first-order chi connectivity index (χ1) is 0. The molecular weight excluding hydrogens is 344 g/mol. The Morgan fingerprint density at radius 2 is 1.00 bits per heavy atom. The molecule has 0 aliphatic heterocycles. The van der Waals surface area contributed by atoms with Crippen LogP contribution in [0.1, 0.15) is 0 Å². The van der Waals surface area contributed by atoms with Crippen LogP contribution in [0.25, 0.3) is 0 Å². The van der Waals surface area contributed by atoms with Gasteiger partial charge < -0.3 is 0 Å². The van der Waals surface area contributed by atoms with Gasteiger partial charge in [0.05, 0.1) is 0 Å². The van der Waals surface area contributed by atoms with Crippen LogP contribution in [0.4, 0.5) is 4.70 Å². The Morgan fingerprint density at radius 3 is 1.00 bits per heavy atom. The molecule has 0 fully saturated rings. The van der Waals surface area contributed by atoms with E-state index >= 15 is 0 Å². The minimum Gasteiger partial charge on any atom is 0 e. The summed E-state index contributed by atoms with van der Waals surface area (Å²) in [5, 5.41) is 0. The Hall–Kier alpha value is 3.38. The van der Waals surface area contributed by atoms with E-state index < -0.39 is 0 Å². The van der Waals surface area contributed by atoms with E-state index in [1.165, 1.54) is 0 Å². The topological polar surface area (TPSA) is 0 Å². The van der Waals surface area contributed by atoms with Gasteiger partial charge >= 0.3 is 48.9 Å². The molecular formula is H4BaClEuF. The van der Waals surface area contributed by atoms with E-state index in [1.807, 2.05) is 0 Å². The van der Waals surface area contributed by atoms with Gasteiger partial charge in [-0.2, -0.15) is 0 Å². The summed E-state index contributed by atoms with van der Waals surface area (Å²) >= 11 is 0. The minimum atomic E-state index is 0. The average molecular weight is 348 g/mol. The Kier molecular flexibility index (Phi) is 106. The van der Waals surface area contributed by atoms with Gasteiger partial charge in [0.2, 0.25) is 0 Å². The smallest absolute Gasteiger partial charge is 0 e. The van der Waals surface area contributed by atoms with Gasteiger partial charge in [-0.1, -0.05) is 0 Å². The van der Waals surface area contributed by atoms with Crippen LogP contribution in [0.5, 0.6) is 0 Å². The molecule has 0 aromatic carbocycles. The summed E-state index contributed by atoms with van der Waals surface area (Å²) in [5.74, 6) is 0. The number of hydrogen-bond acceptors (Lipinski definition) is 0. The van der Waals surface area contributed by atoms with Crippen molar-refractivity contribution in [2.24, 2.45) is 0 Å². The number of hydrogen-bond donors (Lipinski definition) is 0. The molecule has 0 heterocycles. The standard InChI is InChI=1S/Ba.ClH.Eu.FH.2H/h;1H;;1H;;. The molecule has 4 heavy (non-hydrogen) atoms. The van der Waals surface area contributed by atoms with Crippen molar-refractivity contribution < 1.29 is 54.1 Å². The molecule has 0 rings (SSSR count). The molecule has 0 aliphatic rings. The SMILES string of the molecule is Cl.F.[BaH2].[Eu]. The van der Waals surface area contributed by atoms with Crippen LogP contribution in [0, 0.1) is 49.4 Å². The first-order valence-electron chi connectivity index (χ1n) is 0. The van der Waals surface area contributed by atoms with Gasteiger partial charge in [-0.15, -0.1) is 12.4 Å². The second-order valence-electron chi connectivity index (χ2n) is 0. The van der Waals surface area contributed by atoms with Crippen LogP contribution >= 0.6 is 12.4 Å². The fraction of sp³-hybridized carbons (Fsp3) is 0. The molecule has 27 valence electrons. The zero-order chi connectivity index (χ0) is 0. The van der Waals surface area contributed by atoms with E-state index in [0.29, 0.717) is 0 Å². The zero-order valence-corrected chi connectivity index (χ0v) is 4.44. The normalized spacial score (nSPS) is 0. The first-order valence-corrected chi connectivity index (χ1v) is 0. The Morgan fingerprint density at radius 1 is 1.00 bits per heavy atom. The molecule has 4 heteroatoms. The summed E-state index contributed by atoms with van der Waals surface area (Å²) in [5.41, 5.74) is 0. The molecule has 0 nitrogen and oxygen atoms in total. The van der Waals surface area contributed by atoms with Gasteiger partial charge in [0.1, 0.15) is 0 Å². The Labute approximate surface area is 112 Å². The Bertz CT molecular complexity index is 8.00. The third kappa shape index (κ3) is 9.03. The second-order valence-corrected chi connectivity index (χ2v) is 0. The quantitative estimate of drug-likeness (QED) is 0.526. The van der Waals surface area contributed by atoms with Gasteiger partial charge in [-0.3, -0.25) is 4.70 Å². The summed E-state index contributed by atoms with van der Waals surface area (Å²) in [6.45, 7) is 0. The van der Waals surface area contributed by atoms with E-state index in [2.05, 4.69) is 0 Å². The van der Waals surface area contributed by atoms with Crippen LogP contribution in [0.2, 0.25) is 0 Å². The van der Waals surface area contributed by atoms with Crippen molar-refractivity contribution in [2.45, 2.75) is 0 Å². The minimum absolute atomic E-state index is 0. The molecule has 0 N–H and O–H groups in total. The van der Waals surface area contributed by atoms with E-state index in [1.54, 1.807) is 0 Å². The molecule has 1 radical (unpaired) electrons. The molecule has 0 aliphatic carbocycles. The van der Waals surface area contributed by atoms with Gasteiger partial charge in [-0.25, -0.2) is 0 Å². The molecule has 0 spiro atoms. The summed E-state index contributed by atoms with van der Waals surface area (Å²) in [6, 6.07) is 0. The predicted octanol–water partition coefficient (Wildman–Crippen LogP) is -0.342. The summed E-state index contributed by atoms with van der Waals surface area (Å²) < 4.78 is 0. The monoisotopic (exact) mass is 349 g/mol. The van der Waals surface area contributed by atoms with E-state index in [0.717, 1.165) is 0 Å². The predicted molar refractivity (Wildman–Crippen MR) is 18.3 cm³/mol. The fourth-order valence-corrected chi connectivity index (χ4v) is 0. The fourth-order valence-electron chi connectivity index (χ4n) is 0.